The third-order valence-corrected chi connectivity index (χ3v) is 5.03. The molecule has 8 heteroatoms. The molecule has 0 fully saturated rings. The fraction of sp³-hybridized carbons (Fsp3) is 0.261. The van der Waals surface area contributed by atoms with Crippen molar-refractivity contribution in [1.29, 1.82) is 0 Å². The average Bonchev–Trinajstić information content (AvgIpc) is 3.09. The van der Waals surface area contributed by atoms with Gasteiger partial charge in [0.15, 0.2) is 6.61 Å². The first kappa shape index (κ1) is 22.0. The van der Waals surface area contributed by atoms with Crippen LogP contribution >= 0.6 is 0 Å². The van der Waals surface area contributed by atoms with Gasteiger partial charge in [-0.1, -0.05) is 54.6 Å². The Morgan fingerprint density at radius 1 is 1.13 bits per heavy atom. The van der Waals surface area contributed by atoms with Crippen LogP contribution in [0.1, 0.15) is 23.5 Å². The number of benzene rings is 2. The summed E-state index contributed by atoms with van der Waals surface area (Å²) in [7, 11) is 1.28. The second kappa shape index (κ2) is 9.90. The van der Waals surface area contributed by atoms with Crippen LogP contribution in [-0.2, 0) is 19.2 Å². The molecule has 0 aromatic heterocycles. The zero-order valence-corrected chi connectivity index (χ0v) is 17.1. The van der Waals surface area contributed by atoms with Gasteiger partial charge in [-0.25, -0.2) is 14.7 Å². The van der Waals surface area contributed by atoms with Crippen molar-refractivity contribution in [3.8, 4) is 11.1 Å². The molecule has 8 nitrogen and oxygen atoms in total. The van der Waals surface area contributed by atoms with Crippen LogP contribution in [0.15, 0.2) is 61.2 Å². The maximum atomic E-state index is 12.5. The zero-order valence-electron chi connectivity index (χ0n) is 17.1. The predicted octanol–water partition coefficient (Wildman–Crippen LogP) is 2.94. The lowest BCUT2D eigenvalue weighted by Crippen LogP contribution is -2.47. The first-order chi connectivity index (χ1) is 14.9. The van der Waals surface area contributed by atoms with Gasteiger partial charge in [-0.05, 0) is 28.7 Å². The van der Waals surface area contributed by atoms with Gasteiger partial charge < -0.3 is 15.2 Å². The fourth-order valence-electron chi connectivity index (χ4n) is 3.61. The number of rotatable bonds is 9. The third-order valence-electron chi connectivity index (χ3n) is 5.03. The van der Waals surface area contributed by atoms with Crippen molar-refractivity contribution >= 4 is 18.0 Å². The summed E-state index contributed by atoms with van der Waals surface area (Å²) in [5.74, 6) is -1.94. The van der Waals surface area contributed by atoms with E-state index in [9.17, 15) is 14.4 Å². The Morgan fingerprint density at radius 3 is 2.26 bits per heavy atom. The van der Waals surface area contributed by atoms with Crippen LogP contribution < -0.4 is 5.32 Å². The summed E-state index contributed by atoms with van der Waals surface area (Å²) in [4.78, 5) is 40.4. The molecule has 162 valence electrons. The highest BCUT2D eigenvalue weighted by Gasteiger charge is 2.30. The van der Waals surface area contributed by atoms with Gasteiger partial charge in [-0.3, -0.25) is 9.63 Å². The molecule has 1 aliphatic rings. The molecular weight excluding hydrogens is 400 g/mol. The Bertz CT molecular complexity index is 944. The molecule has 2 aromatic rings. The highest BCUT2D eigenvalue weighted by molar-refractivity contribution is 5.85. The van der Waals surface area contributed by atoms with Crippen molar-refractivity contribution in [3.05, 3.63) is 72.3 Å². The van der Waals surface area contributed by atoms with Crippen molar-refractivity contribution < 1.29 is 29.1 Å². The number of ether oxygens (including phenoxy) is 1. The minimum atomic E-state index is -1.22. The van der Waals surface area contributed by atoms with E-state index >= 15 is 0 Å². The Balaban J connectivity index is 1.64. The largest absolute Gasteiger partial charge is 0.479 e. The van der Waals surface area contributed by atoms with Crippen molar-refractivity contribution in [2.75, 3.05) is 20.3 Å². The number of nitrogens with zero attached hydrogens (tertiary/aromatic N) is 1. The molecule has 0 spiro atoms. The van der Waals surface area contributed by atoms with Gasteiger partial charge in [0.2, 0.25) is 0 Å². The number of carbonyl (C=O) groups is 3. The van der Waals surface area contributed by atoms with E-state index in [0.29, 0.717) is 0 Å². The normalized spacial score (nSPS) is 12.9. The summed E-state index contributed by atoms with van der Waals surface area (Å²) in [5.41, 5.74) is 4.39. The molecule has 3 rings (SSSR count). The predicted molar refractivity (Wildman–Crippen MR) is 113 cm³/mol. The van der Waals surface area contributed by atoms with Gasteiger partial charge in [-0.15, -0.1) is 6.58 Å². The zero-order chi connectivity index (χ0) is 22.4. The molecule has 1 atom stereocenters. The molecule has 0 saturated carbocycles. The summed E-state index contributed by atoms with van der Waals surface area (Å²) >= 11 is 0. The molecule has 2 amide bonds. The minimum absolute atomic E-state index is 0.103. The lowest BCUT2D eigenvalue weighted by molar-refractivity contribution is -0.187. The van der Waals surface area contributed by atoms with E-state index < -0.39 is 30.6 Å². The molecule has 0 heterocycles. The highest BCUT2D eigenvalue weighted by atomic mass is 16.7. The van der Waals surface area contributed by atoms with Crippen molar-refractivity contribution in [1.82, 2.24) is 10.4 Å². The Morgan fingerprint density at radius 2 is 1.71 bits per heavy atom. The number of carbonyl (C=O) groups excluding carboxylic acids is 2. The molecule has 0 saturated heterocycles. The quantitative estimate of drug-likeness (QED) is 0.474. The van der Waals surface area contributed by atoms with E-state index in [1.165, 1.54) is 13.1 Å². The lowest BCUT2D eigenvalue weighted by atomic mass is 9.98. The second-order valence-electron chi connectivity index (χ2n) is 7.05. The van der Waals surface area contributed by atoms with E-state index in [2.05, 4.69) is 11.9 Å². The number of alkyl carbamates (subject to hydrolysis) is 1. The van der Waals surface area contributed by atoms with Gasteiger partial charge >= 0.3 is 12.1 Å². The maximum absolute atomic E-state index is 12.5. The van der Waals surface area contributed by atoms with E-state index in [1.54, 1.807) is 0 Å². The van der Waals surface area contributed by atoms with Crippen molar-refractivity contribution in [2.45, 2.75) is 18.4 Å². The van der Waals surface area contributed by atoms with Gasteiger partial charge in [-0.2, -0.15) is 0 Å². The number of hydrogen-bond donors (Lipinski definition) is 2. The molecule has 0 radical (unpaired) electrons. The summed E-state index contributed by atoms with van der Waals surface area (Å²) in [5, 5.41) is 12.0. The monoisotopic (exact) mass is 424 g/mol. The number of nitrogens with one attached hydrogen (secondary N) is 1. The van der Waals surface area contributed by atoms with Gasteiger partial charge in [0, 0.05) is 13.0 Å². The first-order valence-corrected chi connectivity index (χ1v) is 9.77. The van der Waals surface area contributed by atoms with E-state index in [1.807, 2.05) is 48.5 Å². The van der Waals surface area contributed by atoms with Crippen LogP contribution in [0, 0.1) is 0 Å². The van der Waals surface area contributed by atoms with Crippen LogP contribution in [0.5, 0.6) is 0 Å². The Labute approximate surface area is 180 Å². The first-order valence-electron chi connectivity index (χ1n) is 9.77. The van der Waals surface area contributed by atoms with Crippen molar-refractivity contribution in [2.24, 2.45) is 0 Å². The highest BCUT2D eigenvalue weighted by Crippen LogP contribution is 2.44. The van der Waals surface area contributed by atoms with E-state index in [4.69, 9.17) is 14.7 Å². The molecule has 1 unspecified atom stereocenters. The minimum Gasteiger partial charge on any atom is -0.479 e. The number of hydroxylamine groups is 2. The lowest BCUT2D eigenvalue weighted by Gasteiger charge is -2.23. The number of amides is 2. The summed E-state index contributed by atoms with van der Waals surface area (Å²) in [6.45, 7) is 3.02. The number of aliphatic carboxylic acids is 1. The molecule has 1 aliphatic carbocycles. The molecule has 2 N–H and O–H groups in total. The fourth-order valence-corrected chi connectivity index (χ4v) is 3.61. The number of fused-ring (bicyclic) bond motifs is 3. The second-order valence-corrected chi connectivity index (χ2v) is 7.05. The standard InChI is InChI=1S/C23H24N2O6/c1-3-8-20(22(28)25(2)31-14-21(26)27)24-23(29)30-13-19-17-11-6-4-9-15(17)16-10-5-7-12-18(16)19/h3-7,9-12,19-20H,1,8,13-14H2,2H3,(H,24,29)(H,26,27). The van der Waals surface area contributed by atoms with Crippen molar-refractivity contribution in [3.63, 3.8) is 0 Å². The smallest absolute Gasteiger partial charge is 0.407 e. The molecular formula is C23H24N2O6. The third kappa shape index (κ3) is 5.10. The summed E-state index contributed by atoms with van der Waals surface area (Å²) in [6, 6.07) is 15.0. The summed E-state index contributed by atoms with van der Waals surface area (Å²) < 4.78 is 5.45. The van der Waals surface area contributed by atoms with Crippen LogP contribution in [0.4, 0.5) is 4.79 Å². The summed E-state index contributed by atoms with van der Waals surface area (Å²) in [6.07, 6.45) is 0.843. The van der Waals surface area contributed by atoms with Crippen LogP contribution in [-0.4, -0.2) is 54.4 Å². The van der Waals surface area contributed by atoms with Crippen LogP contribution in [0.3, 0.4) is 0 Å². The molecule has 0 bridgehead atoms. The molecule has 2 aromatic carbocycles. The Kier molecular flexibility index (Phi) is 7.04. The maximum Gasteiger partial charge on any atom is 0.407 e. The topological polar surface area (TPSA) is 105 Å². The number of carboxylic acids is 1. The average molecular weight is 424 g/mol. The van der Waals surface area contributed by atoms with Crippen LogP contribution in [0.25, 0.3) is 11.1 Å². The van der Waals surface area contributed by atoms with Gasteiger partial charge in [0.1, 0.15) is 12.6 Å². The SMILES string of the molecule is C=CCC(NC(=O)OCC1c2ccccc2-c2ccccc21)C(=O)N(C)OCC(=O)O. The molecule has 0 aliphatic heterocycles. The molecule has 31 heavy (non-hydrogen) atoms. The van der Waals surface area contributed by atoms with Gasteiger partial charge in [0.25, 0.3) is 5.91 Å². The number of hydrogen-bond acceptors (Lipinski definition) is 5. The van der Waals surface area contributed by atoms with E-state index in [-0.39, 0.29) is 18.9 Å². The number of carboxylic acid groups (broad SMARTS) is 1. The van der Waals surface area contributed by atoms with Gasteiger partial charge in [0.05, 0.1) is 0 Å². The Hall–Kier alpha value is -3.65. The van der Waals surface area contributed by atoms with Crippen LogP contribution in [0.2, 0.25) is 0 Å². The van der Waals surface area contributed by atoms with E-state index in [0.717, 1.165) is 27.3 Å². The number of likely N-dealkylation sites (N-methyl/N-ethyl adjacent to an activating group) is 1.